The topological polar surface area (TPSA) is 61.8 Å². The van der Waals surface area contributed by atoms with E-state index in [-0.39, 0.29) is 10.9 Å². The van der Waals surface area contributed by atoms with E-state index in [0.29, 0.717) is 17.3 Å². The molecule has 0 heterocycles. The van der Waals surface area contributed by atoms with Crippen LogP contribution in [0.2, 0.25) is 0 Å². The van der Waals surface area contributed by atoms with Crippen molar-refractivity contribution in [2.45, 2.75) is 13.8 Å². The first-order valence-electron chi connectivity index (χ1n) is 6.22. The van der Waals surface area contributed by atoms with Crippen molar-refractivity contribution >= 4 is 28.9 Å². The Morgan fingerprint density at radius 1 is 1.14 bits per heavy atom. The predicted molar refractivity (Wildman–Crippen MR) is 83.0 cm³/mol. The molecule has 1 aromatic rings. The summed E-state index contributed by atoms with van der Waals surface area (Å²) in [6.07, 6.45) is 3.71. The van der Waals surface area contributed by atoms with Gasteiger partial charge in [-0.05, 0) is 17.7 Å². The molecule has 0 amide bonds. The minimum Gasteiger partial charge on any atom is -0.493 e. The summed E-state index contributed by atoms with van der Waals surface area (Å²) in [5.41, 5.74) is 0.823. The molecular formula is C15H18O5S. The molecule has 114 valence electrons. The monoisotopic (exact) mass is 310 g/mol. The molecule has 0 saturated heterocycles. The van der Waals surface area contributed by atoms with Gasteiger partial charge in [0.2, 0.25) is 5.75 Å². The summed E-state index contributed by atoms with van der Waals surface area (Å²) >= 11 is 1.22. The number of carbonyl (C=O) groups is 2. The second-order valence-electron chi connectivity index (χ2n) is 4.05. The summed E-state index contributed by atoms with van der Waals surface area (Å²) in [5, 5.41) is 0.0695. The first kappa shape index (κ1) is 17.1. The Morgan fingerprint density at radius 2 is 1.71 bits per heavy atom. The van der Waals surface area contributed by atoms with E-state index in [4.69, 9.17) is 14.2 Å². The minimum atomic E-state index is -0.451. The Bertz CT molecular complexity index is 526. The maximum atomic E-state index is 11.1. The van der Waals surface area contributed by atoms with E-state index in [1.165, 1.54) is 39.8 Å². The zero-order valence-corrected chi connectivity index (χ0v) is 13.3. The molecule has 0 fully saturated rings. The van der Waals surface area contributed by atoms with Gasteiger partial charge in [0.05, 0.1) is 14.2 Å². The first-order valence-corrected chi connectivity index (χ1v) is 7.20. The summed E-state index contributed by atoms with van der Waals surface area (Å²) in [4.78, 5) is 22.0. The Morgan fingerprint density at radius 3 is 2.14 bits per heavy atom. The zero-order valence-electron chi connectivity index (χ0n) is 12.5. The zero-order chi connectivity index (χ0) is 15.8. The molecule has 1 rings (SSSR count). The number of hydrogen-bond acceptors (Lipinski definition) is 6. The van der Waals surface area contributed by atoms with Crippen LogP contribution in [-0.2, 0) is 9.59 Å². The van der Waals surface area contributed by atoms with E-state index in [9.17, 15) is 9.59 Å². The van der Waals surface area contributed by atoms with Gasteiger partial charge in [-0.25, -0.2) is 0 Å². The van der Waals surface area contributed by atoms with Gasteiger partial charge in [0, 0.05) is 19.6 Å². The van der Waals surface area contributed by atoms with E-state index < -0.39 is 5.97 Å². The van der Waals surface area contributed by atoms with E-state index in [1.54, 1.807) is 12.1 Å². The van der Waals surface area contributed by atoms with Crippen molar-refractivity contribution in [1.29, 1.82) is 0 Å². The number of hydrogen-bond donors (Lipinski definition) is 0. The molecule has 1 aromatic carbocycles. The summed E-state index contributed by atoms with van der Waals surface area (Å²) in [6, 6.07) is 3.46. The maximum Gasteiger partial charge on any atom is 0.308 e. The highest BCUT2D eigenvalue weighted by Gasteiger charge is 2.15. The smallest absolute Gasteiger partial charge is 0.308 e. The van der Waals surface area contributed by atoms with Crippen LogP contribution in [0.15, 0.2) is 18.2 Å². The Hall–Kier alpha value is -1.95. The SMILES string of the molecule is COc1cc(C=CCSC(C)=O)cc(OC)c1OC(C)=O. The molecule has 0 saturated carbocycles. The number of methoxy groups -OCH3 is 2. The van der Waals surface area contributed by atoms with Crippen molar-refractivity contribution in [2.75, 3.05) is 20.0 Å². The van der Waals surface area contributed by atoms with Gasteiger partial charge in [0.1, 0.15) is 0 Å². The lowest BCUT2D eigenvalue weighted by atomic mass is 10.1. The van der Waals surface area contributed by atoms with Crippen LogP contribution in [0.5, 0.6) is 17.2 Å². The predicted octanol–water partition coefficient (Wildman–Crippen LogP) is 2.92. The van der Waals surface area contributed by atoms with Crippen LogP contribution in [0.25, 0.3) is 6.08 Å². The number of rotatable bonds is 6. The molecule has 0 aliphatic heterocycles. The van der Waals surface area contributed by atoms with E-state index in [1.807, 2.05) is 12.2 Å². The number of thioether (sulfide) groups is 1. The lowest BCUT2D eigenvalue weighted by Crippen LogP contribution is -2.05. The first-order chi connectivity index (χ1) is 9.97. The third-order valence-electron chi connectivity index (χ3n) is 2.42. The van der Waals surface area contributed by atoms with Gasteiger partial charge in [-0.15, -0.1) is 0 Å². The molecule has 0 bridgehead atoms. The minimum absolute atomic E-state index is 0.0695. The van der Waals surface area contributed by atoms with Gasteiger partial charge in [-0.1, -0.05) is 23.9 Å². The summed E-state index contributed by atoms with van der Waals surface area (Å²) in [7, 11) is 2.97. The molecule has 0 aliphatic rings. The fraction of sp³-hybridized carbons (Fsp3) is 0.333. The van der Waals surface area contributed by atoms with Crippen LogP contribution in [0, 0.1) is 0 Å². The van der Waals surface area contributed by atoms with Crippen LogP contribution in [-0.4, -0.2) is 31.1 Å². The molecule has 0 unspecified atom stereocenters. The molecular weight excluding hydrogens is 292 g/mol. The van der Waals surface area contributed by atoms with Crippen LogP contribution >= 0.6 is 11.8 Å². The number of benzene rings is 1. The lowest BCUT2D eigenvalue weighted by molar-refractivity contribution is -0.132. The average molecular weight is 310 g/mol. The second-order valence-corrected chi connectivity index (χ2v) is 5.25. The molecule has 0 atom stereocenters. The quantitative estimate of drug-likeness (QED) is 0.595. The van der Waals surface area contributed by atoms with Crippen molar-refractivity contribution in [1.82, 2.24) is 0 Å². The van der Waals surface area contributed by atoms with Gasteiger partial charge >= 0.3 is 5.97 Å². The van der Waals surface area contributed by atoms with Crippen molar-refractivity contribution in [3.63, 3.8) is 0 Å². The van der Waals surface area contributed by atoms with Crippen molar-refractivity contribution < 1.29 is 23.8 Å². The number of esters is 1. The number of ether oxygens (including phenoxy) is 3. The van der Waals surface area contributed by atoms with E-state index in [0.717, 1.165) is 5.56 Å². The van der Waals surface area contributed by atoms with Crippen LogP contribution in [0.4, 0.5) is 0 Å². The maximum absolute atomic E-state index is 11.1. The van der Waals surface area contributed by atoms with E-state index in [2.05, 4.69) is 0 Å². The highest BCUT2D eigenvalue weighted by atomic mass is 32.2. The average Bonchev–Trinajstić information content (AvgIpc) is 2.43. The van der Waals surface area contributed by atoms with Crippen molar-refractivity contribution in [3.8, 4) is 17.2 Å². The molecule has 0 aromatic heterocycles. The van der Waals surface area contributed by atoms with Crippen LogP contribution in [0.3, 0.4) is 0 Å². The van der Waals surface area contributed by atoms with Gasteiger partial charge in [0.15, 0.2) is 16.6 Å². The van der Waals surface area contributed by atoms with E-state index >= 15 is 0 Å². The molecule has 0 spiro atoms. The lowest BCUT2D eigenvalue weighted by Gasteiger charge is -2.13. The Labute approximate surface area is 128 Å². The van der Waals surface area contributed by atoms with Crippen molar-refractivity contribution in [3.05, 3.63) is 23.8 Å². The molecule has 6 heteroatoms. The molecule has 0 radical (unpaired) electrons. The summed E-state index contributed by atoms with van der Waals surface area (Å²) in [6.45, 7) is 2.84. The molecule has 21 heavy (non-hydrogen) atoms. The summed E-state index contributed by atoms with van der Waals surface area (Å²) in [5.74, 6) is 1.20. The molecule has 0 N–H and O–H groups in total. The molecule has 5 nitrogen and oxygen atoms in total. The highest BCUT2D eigenvalue weighted by molar-refractivity contribution is 8.13. The number of carbonyl (C=O) groups excluding carboxylic acids is 2. The highest BCUT2D eigenvalue weighted by Crippen LogP contribution is 2.39. The third kappa shape index (κ3) is 5.51. The normalized spacial score (nSPS) is 10.5. The Kier molecular flexibility index (Phi) is 6.81. The van der Waals surface area contributed by atoms with Crippen molar-refractivity contribution in [2.24, 2.45) is 0 Å². The fourth-order valence-electron chi connectivity index (χ4n) is 1.59. The standard InChI is InChI=1S/C15H18O5S/c1-10(16)20-15-13(18-3)8-12(9-14(15)19-4)6-5-7-21-11(2)17/h5-6,8-9H,7H2,1-4H3. The summed E-state index contributed by atoms with van der Waals surface area (Å²) < 4.78 is 15.6. The Balaban J connectivity index is 3.02. The largest absolute Gasteiger partial charge is 0.493 e. The van der Waals surface area contributed by atoms with Crippen LogP contribution in [0.1, 0.15) is 19.4 Å². The van der Waals surface area contributed by atoms with Gasteiger partial charge in [0.25, 0.3) is 0 Å². The molecule has 0 aliphatic carbocycles. The van der Waals surface area contributed by atoms with Crippen LogP contribution < -0.4 is 14.2 Å². The second kappa shape index (κ2) is 8.36. The fourth-order valence-corrected chi connectivity index (χ4v) is 2.02. The van der Waals surface area contributed by atoms with Gasteiger partial charge < -0.3 is 14.2 Å². The third-order valence-corrected chi connectivity index (χ3v) is 3.19. The van der Waals surface area contributed by atoms with Gasteiger partial charge in [-0.3, -0.25) is 9.59 Å². The van der Waals surface area contributed by atoms with Gasteiger partial charge in [-0.2, -0.15) is 0 Å².